The number of ether oxygens (including phenoxy) is 4. The Morgan fingerprint density at radius 1 is 0.358 bits per heavy atom. The summed E-state index contributed by atoms with van der Waals surface area (Å²) in [4.78, 5) is 5.89. The van der Waals surface area contributed by atoms with Gasteiger partial charge < -0.3 is 18.9 Å². The van der Waals surface area contributed by atoms with Gasteiger partial charge in [0.1, 0.15) is 28.0 Å². The first kappa shape index (κ1) is 60.0. The lowest BCUT2D eigenvalue weighted by atomic mass is 10.1. The number of unbranched alkanes of at least 4 members (excludes halogenated alkanes) is 12. The summed E-state index contributed by atoms with van der Waals surface area (Å²) < 4.78 is 25.7. The zero-order valence-electron chi connectivity index (χ0n) is 47.6. The Balaban J connectivity index is 1.10. The molecule has 0 aliphatic rings. The number of rotatable bonds is 26. The molecule has 0 saturated carbocycles. The first-order chi connectivity index (χ1) is 39.9. The molecule has 0 fully saturated rings. The summed E-state index contributed by atoms with van der Waals surface area (Å²) in [6, 6.07) is 43.4. The summed E-state index contributed by atoms with van der Waals surface area (Å²) in [5.41, 5.74) is 9.51. The Labute approximate surface area is 486 Å². The molecule has 0 unspecified atom stereocenters. The highest BCUT2D eigenvalue weighted by atomic mass is 32.1. The topological polar surface area (TPSA) is 97.4 Å². The maximum Gasteiger partial charge on any atom is 0.136 e. The minimum Gasteiger partial charge on any atom is -0.492 e. The molecule has 410 valence electrons. The van der Waals surface area contributed by atoms with Crippen molar-refractivity contribution < 1.29 is 18.9 Å². The van der Waals surface area contributed by atoms with Crippen molar-refractivity contribution in [2.24, 2.45) is 0 Å². The Morgan fingerprint density at radius 3 is 1.09 bits per heavy atom. The minimum atomic E-state index is 0.567. The molecule has 7 rings (SSSR count). The largest absolute Gasteiger partial charge is 0.492 e. The Hall–Kier alpha value is -8.63. The molecule has 0 bridgehead atoms. The maximum atomic E-state index is 9.47. The maximum absolute atomic E-state index is 9.47. The van der Waals surface area contributed by atoms with Gasteiger partial charge in [0.05, 0.1) is 76.8 Å². The van der Waals surface area contributed by atoms with Gasteiger partial charge in [-0.15, -0.1) is 11.3 Å². The molecule has 7 nitrogen and oxygen atoms in total. The summed E-state index contributed by atoms with van der Waals surface area (Å²) in [6.07, 6.45) is 19.4. The molecule has 7 aromatic rings. The third-order valence-electron chi connectivity index (χ3n) is 13.4. The lowest BCUT2D eigenvalue weighted by Gasteiger charge is -2.14. The molecule has 0 amide bonds. The van der Waals surface area contributed by atoms with E-state index in [2.05, 4.69) is 111 Å². The predicted molar refractivity (Wildman–Crippen MR) is 331 cm³/mol. The number of hydrogen-bond acceptors (Lipinski definition) is 8. The van der Waals surface area contributed by atoms with E-state index >= 15 is 0 Å². The van der Waals surface area contributed by atoms with Gasteiger partial charge in [-0.3, -0.25) is 0 Å². The Morgan fingerprint density at radius 2 is 0.704 bits per heavy atom. The number of benzene rings is 6. The van der Waals surface area contributed by atoms with E-state index in [1.165, 1.54) is 0 Å². The van der Waals surface area contributed by atoms with Gasteiger partial charge in [-0.1, -0.05) is 182 Å². The first-order valence-corrected chi connectivity index (χ1v) is 29.8. The van der Waals surface area contributed by atoms with Crippen molar-refractivity contribution in [2.75, 3.05) is 26.4 Å². The number of nitriles is 2. The van der Waals surface area contributed by atoms with Gasteiger partial charge in [-0.05, 0) is 98.0 Å². The van der Waals surface area contributed by atoms with Crippen molar-refractivity contribution in [3.63, 3.8) is 0 Å². The van der Waals surface area contributed by atoms with E-state index in [-0.39, 0.29) is 0 Å². The standard InChI is InChI=1S/C73H73N3O4S/c1-5-9-13-17-44-77-68-50-66(69(78-45-18-14-10-6-2)49-64(68)40-32-56-24-26-60(53-74)27-25-56)42-34-58-30-38-63(39-31-58)73-76-55-72(81-73)62-36-28-57(29-37-62)33-41-65-51-71(80-47-20-16-12-8-4)67(52-70(65)79-46-19-15-11-7-3)43-35-59-22-21-23-61(48-59)54-75/h21-31,36-39,48-52,55H,5-20,44-47H2,1-4H3. The van der Waals surface area contributed by atoms with Crippen LogP contribution in [0.2, 0.25) is 0 Å². The fraction of sp³-hybridized carbons (Fsp3) is 0.329. The van der Waals surface area contributed by atoms with Crippen LogP contribution < -0.4 is 18.9 Å². The van der Waals surface area contributed by atoms with Crippen LogP contribution in [-0.2, 0) is 0 Å². The second-order valence-electron chi connectivity index (χ2n) is 19.9. The van der Waals surface area contributed by atoms with Crippen molar-refractivity contribution >= 4 is 11.3 Å². The average Bonchev–Trinajstić information content (AvgIpc) is 4.10. The molecule has 8 heteroatoms. The lowest BCUT2D eigenvalue weighted by molar-refractivity contribution is 0.295. The summed E-state index contributed by atoms with van der Waals surface area (Å²) in [6.45, 7) is 11.1. The molecule has 0 aliphatic heterocycles. The average molecular weight is 1090 g/mol. The fourth-order valence-electron chi connectivity index (χ4n) is 8.64. The molecule has 81 heavy (non-hydrogen) atoms. The molecule has 0 aliphatic carbocycles. The predicted octanol–water partition coefficient (Wildman–Crippen LogP) is 17.7. The lowest BCUT2D eigenvalue weighted by Crippen LogP contribution is -2.03. The van der Waals surface area contributed by atoms with E-state index in [0.717, 1.165) is 168 Å². The molecule has 0 saturated heterocycles. The van der Waals surface area contributed by atoms with E-state index in [4.69, 9.17) is 23.9 Å². The number of nitrogens with zero attached hydrogens (tertiary/aromatic N) is 3. The molecule has 0 N–H and O–H groups in total. The van der Waals surface area contributed by atoms with Crippen molar-refractivity contribution in [3.8, 4) is 104 Å². The van der Waals surface area contributed by atoms with E-state index in [1.807, 2.05) is 79.0 Å². The van der Waals surface area contributed by atoms with Crippen LogP contribution in [0.25, 0.3) is 21.0 Å². The molecule has 1 aromatic heterocycles. The highest BCUT2D eigenvalue weighted by molar-refractivity contribution is 7.18. The summed E-state index contributed by atoms with van der Waals surface area (Å²) in [7, 11) is 0. The number of hydrogen-bond donors (Lipinski definition) is 0. The van der Waals surface area contributed by atoms with Gasteiger partial charge in [0.25, 0.3) is 0 Å². The first-order valence-electron chi connectivity index (χ1n) is 29.0. The van der Waals surface area contributed by atoms with E-state index < -0.39 is 0 Å². The quantitative estimate of drug-likeness (QED) is 0.0394. The molecule has 6 aromatic carbocycles. The highest BCUT2D eigenvalue weighted by Gasteiger charge is 2.14. The molecule has 0 radical (unpaired) electrons. The number of thiazole rings is 1. The summed E-state index contributed by atoms with van der Waals surface area (Å²) in [5.74, 6) is 29.5. The van der Waals surface area contributed by atoms with E-state index in [0.29, 0.717) is 60.6 Å². The molecular formula is C73H73N3O4S. The Kier molecular flexibility index (Phi) is 25.0. The van der Waals surface area contributed by atoms with Crippen LogP contribution in [0.1, 0.15) is 186 Å². The highest BCUT2D eigenvalue weighted by Crippen LogP contribution is 2.34. The van der Waals surface area contributed by atoms with Gasteiger partial charge in [0, 0.05) is 58.3 Å². The SMILES string of the molecule is CCCCCCOc1cc(C#Cc2ccc(-c3ncc(-c4ccc(C#Cc5cc(OCCCCCC)c(C#Cc6cccc(C#N)c6)cc5OCCCCCC)cc4)s3)cc2)c(OCCCCCC)cc1C#Cc1ccc(C#N)cc1. The van der Waals surface area contributed by atoms with E-state index in [1.54, 1.807) is 35.6 Å². The van der Waals surface area contributed by atoms with Crippen LogP contribution >= 0.6 is 11.3 Å². The van der Waals surface area contributed by atoms with Crippen molar-refractivity contribution in [1.29, 1.82) is 10.5 Å². The third-order valence-corrected chi connectivity index (χ3v) is 14.5. The van der Waals surface area contributed by atoms with Gasteiger partial charge >= 0.3 is 0 Å². The monoisotopic (exact) mass is 1090 g/mol. The summed E-state index contributed by atoms with van der Waals surface area (Å²) in [5, 5.41) is 19.7. The van der Waals surface area contributed by atoms with Crippen LogP contribution in [0.15, 0.2) is 128 Å². The molecule has 0 spiro atoms. The van der Waals surface area contributed by atoms with Crippen molar-refractivity contribution in [1.82, 2.24) is 4.98 Å². The zero-order valence-corrected chi connectivity index (χ0v) is 48.5. The number of aromatic nitrogens is 1. The van der Waals surface area contributed by atoms with Crippen molar-refractivity contribution in [3.05, 3.63) is 183 Å². The smallest absolute Gasteiger partial charge is 0.136 e. The molecule has 1 heterocycles. The van der Waals surface area contributed by atoms with Crippen molar-refractivity contribution in [2.45, 2.75) is 130 Å². The van der Waals surface area contributed by atoms with Crippen LogP contribution in [0.5, 0.6) is 23.0 Å². The van der Waals surface area contributed by atoms with Gasteiger partial charge in [-0.25, -0.2) is 4.98 Å². The summed E-state index contributed by atoms with van der Waals surface area (Å²) >= 11 is 1.64. The van der Waals surface area contributed by atoms with Gasteiger partial charge in [0.15, 0.2) is 0 Å². The zero-order chi connectivity index (χ0) is 56.7. The van der Waals surface area contributed by atoms with Crippen LogP contribution in [0.3, 0.4) is 0 Å². The van der Waals surface area contributed by atoms with Crippen LogP contribution in [-0.4, -0.2) is 31.4 Å². The minimum absolute atomic E-state index is 0.567. The van der Waals surface area contributed by atoms with E-state index in [9.17, 15) is 10.5 Å². The Bertz CT molecular complexity index is 3480. The van der Waals surface area contributed by atoms with Crippen LogP contribution in [0, 0.1) is 70.0 Å². The second-order valence-corrected chi connectivity index (χ2v) is 20.9. The van der Waals surface area contributed by atoms with Crippen LogP contribution in [0.4, 0.5) is 0 Å². The van der Waals surface area contributed by atoms with Gasteiger partial charge in [0.2, 0.25) is 0 Å². The fourth-order valence-corrected chi connectivity index (χ4v) is 9.57. The third kappa shape index (κ3) is 19.6. The molecular weight excluding hydrogens is 1010 g/mol. The molecule has 0 atom stereocenters. The normalized spacial score (nSPS) is 10.3. The van der Waals surface area contributed by atoms with Gasteiger partial charge in [-0.2, -0.15) is 10.5 Å². The second kappa shape index (κ2) is 33.7.